The zero-order chi connectivity index (χ0) is 12.4. The molecule has 18 heavy (non-hydrogen) atoms. The van der Waals surface area contributed by atoms with Crippen molar-refractivity contribution in [2.45, 2.75) is 43.7 Å². The Morgan fingerprint density at radius 1 is 1.39 bits per heavy atom. The van der Waals surface area contributed by atoms with Crippen LogP contribution in [-0.4, -0.2) is 35.3 Å². The quantitative estimate of drug-likeness (QED) is 0.857. The molecule has 3 rings (SSSR count). The lowest BCUT2D eigenvalue weighted by Gasteiger charge is -2.21. The fourth-order valence-corrected chi connectivity index (χ4v) is 3.05. The lowest BCUT2D eigenvalue weighted by molar-refractivity contribution is 0.0103. The number of nitrogens with zero attached hydrogens (tertiary/aromatic N) is 2. The zero-order valence-electron chi connectivity index (χ0n) is 10.8. The van der Waals surface area contributed by atoms with Crippen LogP contribution < -0.4 is 10.6 Å². The zero-order valence-corrected chi connectivity index (χ0v) is 10.8. The Balaban J connectivity index is 1.63. The van der Waals surface area contributed by atoms with Crippen molar-refractivity contribution in [3.63, 3.8) is 0 Å². The van der Waals surface area contributed by atoms with Crippen LogP contribution in [0.1, 0.15) is 32.1 Å². The fourth-order valence-electron chi connectivity index (χ4n) is 3.05. The van der Waals surface area contributed by atoms with Gasteiger partial charge in [-0.2, -0.15) is 4.98 Å². The summed E-state index contributed by atoms with van der Waals surface area (Å²) in [6.07, 6.45) is 7.88. The molecule has 2 heterocycles. The van der Waals surface area contributed by atoms with Gasteiger partial charge in [0, 0.05) is 13.2 Å². The second-order valence-corrected chi connectivity index (χ2v) is 5.26. The van der Waals surface area contributed by atoms with Crippen LogP contribution >= 0.6 is 0 Å². The average molecular weight is 248 g/mol. The molecule has 0 amide bonds. The van der Waals surface area contributed by atoms with E-state index in [-0.39, 0.29) is 5.60 Å². The van der Waals surface area contributed by atoms with Crippen molar-refractivity contribution in [2.24, 2.45) is 0 Å². The van der Waals surface area contributed by atoms with Crippen LogP contribution in [-0.2, 0) is 4.74 Å². The normalized spacial score (nSPS) is 25.5. The molecule has 0 radical (unpaired) electrons. The lowest BCUT2D eigenvalue weighted by Crippen LogP contribution is -2.26. The van der Waals surface area contributed by atoms with Gasteiger partial charge in [0.2, 0.25) is 5.95 Å². The Morgan fingerprint density at radius 3 is 3.00 bits per heavy atom. The summed E-state index contributed by atoms with van der Waals surface area (Å²) >= 11 is 0. The van der Waals surface area contributed by atoms with Crippen LogP contribution in [0.2, 0.25) is 0 Å². The van der Waals surface area contributed by atoms with Crippen molar-refractivity contribution in [3.05, 3.63) is 12.3 Å². The van der Waals surface area contributed by atoms with Gasteiger partial charge in [-0.3, -0.25) is 0 Å². The molecule has 0 aromatic carbocycles. The molecule has 1 aliphatic heterocycles. The summed E-state index contributed by atoms with van der Waals surface area (Å²) < 4.78 is 6.01. The minimum absolute atomic E-state index is 0.151. The van der Waals surface area contributed by atoms with E-state index in [0.717, 1.165) is 18.8 Å². The predicted molar refractivity (Wildman–Crippen MR) is 70.8 cm³/mol. The molecule has 0 bridgehead atoms. The maximum Gasteiger partial charge on any atom is 0.224 e. The fraction of sp³-hybridized carbons (Fsp3) is 0.692. The van der Waals surface area contributed by atoms with Crippen molar-refractivity contribution in [1.82, 2.24) is 9.97 Å². The molecule has 1 aliphatic carbocycles. The lowest BCUT2D eigenvalue weighted by atomic mass is 9.96. The first-order chi connectivity index (χ1) is 8.80. The molecule has 1 spiro atoms. The minimum Gasteiger partial charge on any atom is -0.373 e. The third kappa shape index (κ3) is 2.27. The highest BCUT2D eigenvalue weighted by Gasteiger charge is 2.42. The molecule has 1 saturated carbocycles. The molecule has 2 aliphatic rings. The van der Waals surface area contributed by atoms with E-state index in [9.17, 15) is 0 Å². The average Bonchev–Trinajstić information content (AvgIpc) is 3.01. The molecule has 5 nitrogen and oxygen atoms in total. The van der Waals surface area contributed by atoms with E-state index in [2.05, 4.69) is 20.6 Å². The van der Waals surface area contributed by atoms with Gasteiger partial charge < -0.3 is 15.4 Å². The molecule has 98 valence electrons. The molecular formula is C13H20N4O. The third-order valence-corrected chi connectivity index (χ3v) is 3.97. The summed E-state index contributed by atoms with van der Waals surface area (Å²) in [5.41, 5.74) is 0.151. The van der Waals surface area contributed by atoms with Crippen molar-refractivity contribution < 1.29 is 4.74 Å². The number of ether oxygens (including phenoxy) is 1. The minimum atomic E-state index is 0.151. The molecular weight excluding hydrogens is 228 g/mol. The Morgan fingerprint density at radius 2 is 2.22 bits per heavy atom. The Kier molecular flexibility index (Phi) is 3.07. The summed E-state index contributed by atoms with van der Waals surface area (Å²) in [5, 5.41) is 6.40. The molecule has 1 saturated heterocycles. The summed E-state index contributed by atoms with van der Waals surface area (Å²) in [5.74, 6) is 1.52. The van der Waals surface area contributed by atoms with Crippen LogP contribution in [0.25, 0.3) is 0 Å². The first-order valence-corrected chi connectivity index (χ1v) is 6.71. The Hall–Kier alpha value is -1.36. The van der Waals surface area contributed by atoms with Gasteiger partial charge in [0.05, 0.1) is 18.2 Å². The van der Waals surface area contributed by atoms with E-state index in [1.54, 1.807) is 6.20 Å². The van der Waals surface area contributed by atoms with Gasteiger partial charge in [0.25, 0.3) is 0 Å². The van der Waals surface area contributed by atoms with Gasteiger partial charge in [-0.05, 0) is 25.3 Å². The number of nitrogens with one attached hydrogen (secondary N) is 2. The molecule has 5 heteroatoms. The molecule has 1 aromatic heterocycles. The van der Waals surface area contributed by atoms with Crippen molar-refractivity contribution in [1.29, 1.82) is 0 Å². The summed E-state index contributed by atoms with van der Waals surface area (Å²) in [7, 11) is 1.86. The highest BCUT2D eigenvalue weighted by molar-refractivity contribution is 5.39. The van der Waals surface area contributed by atoms with E-state index in [1.165, 1.54) is 25.7 Å². The smallest absolute Gasteiger partial charge is 0.224 e. The van der Waals surface area contributed by atoms with Crippen LogP contribution in [0.5, 0.6) is 0 Å². The SMILES string of the molecule is CNc1ccnc(N[C@@H]2COC3(CCCC3)C2)n1. The second-order valence-electron chi connectivity index (χ2n) is 5.26. The maximum absolute atomic E-state index is 6.01. The second kappa shape index (κ2) is 4.72. The van der Waals surface area contributed by atoms with Crippen molar-refractivity contribution in [2.75, 3.05) is 24.3 Å². The third-order valence-electron chi connectivity index (χ3n) is 3.97. The molecule has 2 N–H and O–H groups in total. The largest absolute Gasteiger partial charge is 0.373 e. The monoisotopic (exact) mass is 248 g/mol. The number of anilines is 2. The number of hydrogen-bond acceptors (Lipinski definition) is 5. The topological polar surface area (TPSA) is 59.1 Å². The molecule has 1 aromatic rings. The Labute approximate surface area is 107 Å². The summed E-state index contributed by atoms with van der Waals surface area (Å²) in [6, 6.07) is 2.20. The van der Waals surface area contributed by atoms with Crippen LogP contribution in [0.15, 0.2) is 12.3 Å². The van der Waals surface area contributed by atoms with E-state index in [4.69, 9.17) is 4.74 Å². The van der Waals surface area contributed by atoms with E-state index < -0.39 is 0 Å². The standard InChI is InChI=1S/C13H20N4O/c1-14-11-4-7-15-12(17-11)16-10-8-13(18-9-10)5-2-3-6-13/h4,7,10H,2-3,5-6,8-9H2,1H3,(H2,14,15,16,17)/t10-/m0/s1. The van der Waals surface area contributed by atoms with Crippen LogP contribution in [0.3, 0.4) is 0 Å². The first kappa shape index (κ1) is 11.7. The van der Waals surface area contributed by atoms with Gasteiger partial charge in [0.1, 0.15) is 5.82 Å². The number of rotatable bonds is 3. The van der Waals surface area contributed by atoms with E-state index in [1.807, 2.05) is 13.1 Å². The Bertz CT molecular complexity index is 417. The molecule has 0 unspecified atom stereocenters. The predicted octanol–water partition coefficient (Wildman–Crippen LogP) is 2.03. The van der Waals surface area contributed by atoms with Crippen LogP contribution in [0.4, 0.5) is 11.8 Å². The van der Waals surface area contributed by atoms with E-state index >= 15 is 0 Å². The van der Waals surface area contributed by atoms with E-state index in [0.29, 0.717) is 12.0 Å². The van der Waals surface area contributed by atoms with Gasteiger partial charge in [-0.25, -0.2) is 4.98 Å². The number of hydrogen-bond donors (Lipinski definition) is 2. The van der Waals surface area contributed by atoms with Crippen molar-refractivity contribution in [3.8, 4) is 0 Å². The first-order valence-electron chi connectivity index (χ1n) is 6.71. The van der Waals surface area contributed by atoms with Gasteiger partial charge in [-0.1, -0.05) is 12.8 Å². The molecule has 2 fully saturated rings. The molecule has 1 atom stereocenters. The van der Waals surface area contributed by atoms with Gasteiger partial charge in [0.15, 0.2) is 0 Å². The maximum atomic E-state index is 6.01. The van der Waals surface area contributed by atoms with Gasteiger partial charge >= 0.3 is 0 Å². The van der Waals surface area contributed by atoms with Crippen molar-refractivity contribution >= 4 is 11.8 Å². The highest BCUT2D eigenvalue weighted by Crippen LogP contribution is 2.41. The highest BCUT2D eigenvalue weighted by atomic mass is 16.5. The summed E-state index contributed by atoms with van der Waals surface area (Å²) in [4.78, 5) is 8.63. The number of aromatic nitrogens is 2. The van der Waals surface area contributed by atoms with Gasteiger partial charge in [-0.15, -0.1) is 0 Å². The summed E-state index contributed by atoms with van der Waals surface area (Å²) in [6.45, 7) is 0.771. The van der Waals surface area contributed by atoms with Crippen LogP contribution in [0, 0.1) is 0 Å².